The summed E-state index contributed by atoms with van der Waals surface area (Å²) in [6.45, 7) is 4.41. The van der Waals surface area contributed by atoms with E-state index in [-0.39, 0.29) is 5.82 Å². The Bertz CT molecular complexity index is 294. The molecule has 0 radical (unpaired) electrons. The average Bonchev–Trinajstić information content (AvgIpc) is 2.09. The highest BCUT2D eigenvalue weighted by Crippen LogP contribution is 2.12. The minimum atomic E-state index is -0.166. The fourth-order valence-corrected chi connectivity index (χ4v) is 1.20. The quantitative estimate of drug-likeness (QED) is 0.705. The molecule has 1 aromatic carbocycles. The summed E-state index contributed by atoms with van der Waals surface area (Å²) in [5, 5.41) is 0. The van der Waals surface area contributed by atoms with E-state index in [4.69, 9.17) is 5.73 Å². The lowest BCUT2D eigenvalue weighted by molar-refractivity contribution is 0.612. The molecule has 1 aromatic rings. The number of nitrogens with two attached hydrogens (primary N) is 1. The van der Waals surface area contributed by atoms with Gasteiger partial charge in [-0.25, -0.2) is 4.39 Å². The minimum Gasteiger partial charge on any atom is -0.330 e. The molecule has 0 spiro atoms. The van der Waals surface area contributed by atoms with Gasteiger partial charge in [0.2, 0.25) is 0 Å². The fraction of sp³-hybridized carbons (Fsp3) is 0.273. The van der Waals surface area contributed by atoms with Crippen molar-refractivity contribution >= 4 is 0 Å². The molecule has 0 atom stereocenters. The van der Waals surface area contributed by atoms with Gasteiger partial charge in [-0.3, -0.25) is 0 Å². The standard InChI is InChI=1S/C11H14FN/c1-9(6-7-13)8-10-4-2-3-5-11(10)12/h2-5H,1,6-8,13H2. The second-order valence-electron chi connectivity index (χ2n) is 3.06. The zero-order valence-electron chi connectivity index (χ0n) is 7.59. The number of benzene rings is 1. The molecule has 1 nitrogen and oxygen atoms in total. The first-order valence-corrected chi connectivity index (χ1v) is 4.34. The summed E-state index contributed by atoms with van der Waals surface area (Å²) in [6, 6.07) is 6.75. The molecule has 2 N–H and O–H groups in total. The zero-order valence-corrected chi connectivity index (χ0v) is 7.59. The molecule has 0 aliphatic rings. The van der Waals surface area contributed by atoms with E-state index in [0.717, 1.165) is 12.0 Å². The van der Waals surface area contributed by atoms with E-state index < -0.39 is 0 Å². The number of hydrogen-bond acceptors (Lipinski definition) is 1. The van der Waals surface area contributed by atoms with Gasteiger partial charge in [0.05, 0.1) is 0 Å². The molecule has 13 heavy (non-hydrogen) atoms. The van der Waals surface area contributed by atoms with Gasteiger partial charge >= 0.3 is 0 Å². The van der Waals surface area contributed by atoms with Crippen LogP contribution >= 0.6 is 0 Å². The first-order valence-electron chi connectivity index (χ1n) is 4.34. The van der Waals surface area contributed by atoms with E-state index in [1.54, 1.807) is 12.1 Å². The van der Waals surface area contributed by atoms with Crippen LogP contribution in [0.5, 0.6) is 0 Å². The van der Waals surface area contributed by atoms with Gasteiger partial charge in [0.1, 0.15) is 5.82 Å². The topological polar surface area (TPSA) is 26.0 Å². The Morgan fingerprint density at radius 1 is 1.38 bits per heavy atom. The van der Waals surface area contributed by atoms with E-state index in [9.17, 15) is 4.39 Å². The highest BCUT2D eigenvalue weighted by atomic mass is 19.1. The van der Waals surface area contributed by atoms with Crippen molar-refractivity contribution in [3.63, 3.8) is 0 Å². The highest BCUT2D eigenvalue weighted by Gasteiger charge is 2.01. The summed E-state index contributed by atoms with van der Waals surface area (Å²) in [6.07, 6.45) is 1.35. The Labute approximate surface area is 78.1 Å². The predicted molar refractivity (Wildman–Crippen MR) is 52.9 cm³/mol. The first-order chi connectivity index (χ1) is 6.24. The Morgan fingerprint density at radius 3 is 2.69 bits per heavy atom. The molecule has 0 aromatic heterocycles. The van der Waals surface area contributed by atoms with Crippen LogP contribution in [0.15, 0.2) is 36.4 Å². The molecule has 0 saturated heterocycles. The summed E-state index contributed by atoms with van der Waals surface area (Å²) < 4.78 is 13.1. The highest BCUT2D eigenvalue weighted by molar-refractivity contribution is 5.22. The molecule has 2 heteroatoms. The summed E-state index contributed by atoms with van der Waals surface area (Å²) >= 11 is 0. The molecule has 1 rings (SSSR count). The third-order valence-electron chi connectivity index (χ3n) is 1.90. The van der Waals surface area contributed by atoms with Crippen molar-refractivity contribution in [3.8, 4) is 0 Å². The van der Waals surface area contributed by atoms with Crippen molar-refractivity contribution in [3.05, 3.63) is 47.8 Å². The van der Waals surface area contributed by atoms with Gasteiger partial charge in [-0.1, -0.05) is 30.4 Å². The number of rotatable bonds is 4. The van der Waals surface area contributed by atoms with Crippen molar-refractivity contribution in [1.82, 2.24) is 0 Å². The summed E-state index contributed by atoms with van der Waals surface area (Å²) in [5.41, 5.74) is 7.04. The van der Waals surface area contributed by atoms with E-state index in [2.05, 4.69) is 6.58 Å². The minimum absolute atomic E-state index is 0.166. The molecule has 70 valence electrons. The summed E-state index contributed by atoms with van der Waals surface area (Å²) in [5.74, 6) is -0.166. The molecular weight excluding hydrogens is 165 g/mol. The van der Waals surface area contributed by atoms with Gasteiger partial charge in [-0.05, 0) is 31.0 Å². The second kappa shape index (κ2) is 4.77. The third-order valence-corrected chi connectivity index (χ3v) is 1.90. The zero-order chi connectivity index (χ0) is 9.68. The largest absolute Gasteiger partial charge is 0.330 e. The lowest BCUT2D eigenvalue weighted by Crippen LogP contribution is -2.02. The van der Waals surface area contributed by atoms with Crippen molar-refractivity contribution in [2.75, 3.05) is 6.54 Å². The Balaban J connectivity index is 2.63. The van der Waals surface area contributed by atoms with E-state index in [1.165, 1.54) is 6.07 Å². The van der Waals surface area contributed by atoms with Gasteiger partial charge in [-0.15, -0.1) is 0 Å². The lowest BCUT2D eigenvalue weighted by Gasteiger charge is -2.04. The summed E-state index contributed by atoms with van der Waals surface area (Å²) in [4.78, 5) is 0. The molecule has 0 fully saturated rings. The van der Waals surface area contributed by atoms with Gasteiger partial charge in [-0.2, -0.15) is 0 Å². The van der Waals surface area contributed by atoms with Crippen LogP contribution in [0.1, 0.15) is 12.0 Å². The SMILES string of the molecule is C=C(CCN)Cc1ccccc1F. The van der Waals surface area contributed by atoms with Crippen LogP contribution in [0.4, 0.5) is 4.39 Å². The van der Waals surface area contributed by atoms with Crippen LogP contribution in [0.3, 0.4) is 0 Å². The molecule has 0 aliphatic carbocycles. The van der Waals surface area contributed by atoms with E-state index in [1.807, 2.05) is 6.07 Å². The molecular formula is C11H14FN. The van der Waals surface area contributed by atoms with Crippen LogP contribution in [-0.2, 0) is 6.42 Å². The second-order valence-corrected chi connectivity index (χ2v) is 3.06. The molecule has 0 heterocycles. The van der Waals surface area contributed by atoms with Gasteiger partial charge in [0, 0.05) is 0 Å². The molecule has 0 bridgehead atoms. The van der Waals surface area contributed by atoms with Crippen LogP contribution in [0, 0.1) is 5.82 Å². The smallest absolute Gasteiger partial charge is 0.126 e. The van der Waals surface area contributed by atoms with Crippen molar-refractivity contribution in [2.45, 2.75) is 12.8 Å². The third kappa shape index (κ3) is 2.99. The monoisotopic (exact) mass is 179 g/mol. The Kier molecular flexibility index (Phi) is 3.65. The van der Waals surface area contributed by atoms with E-state index >= 15 is 0 Å². The Hall–Kier alpha value is -1.15. The number of halogens is 1. The summed E-state index contributed by atoms with van der Waals surface area (Å²) in [7, 11) is 0. The Morgan fingerprint density at radius 2 is 2.08 bits per heavy atom. The fourth-order valence-electron chi connectivity index (χ4n) is 1.20. The van der Waals surface area contributed by atoms with Crippen LogP contribution in [0.25, 0.3) is 0 Å². The van der Waals surface area contributed by atoms with Crippen LogP contribution in [0.2, 0.25) is 0 Å². The van der Waals surface area contributed by atoms with Crippen molar-refractivity contribution in [1.29, 1.82) is 0 Å². The maximum atomic E-state index is 13.1. The lowest BCUT2D eigenvalue weighted by atomic mass is 10.0. The number of hydrogen-bond donors (Lipinski definition) is 1. The van der Waals surface area contributed by atoms with Gasteiger partial charge in [0.25, 0.3) is 0 Å². The maximum Gasteiger partial charge on any atom is 0.126 e. The van der Waals surface area contributed by atoms with Crippen molar-refractivity contribution < 1.29 is 4.39 Å². The maximum absolute atomic E-state index is 13.1. The van der Waals surface area contributed by atoms with Crippen molar-refractivity contribution in [2.24, 2.45) is 5.73 Å². The normalized spacial score (nSPS) is 10.0. The molecule has 0 saturated carbocycles. The predicted octanol–water partition coefficient (Wildman–Crippen LogP) is 2.27. The van der Waals surface area contributed by atoms with Gasteiger partial charge in [0.15, 0.2) is 0 Å². The van der Waals surface area contributed by atoms with Crippen LogP contribution in [-0.4, -0.2) is 6.54 Å². The molecule has 0 unspecified atom stereocenters. The average molecular weight is 179 g/mol. The van der Waals surface area contributed by atoms with Gasteiger partial charge < -0.3 is 5.73 Å². The molecule has 0 aliphatic heterocycles. The van der Waals surface area contributed by atoms with Crippen LogP contribution < -0.4 is 5.73 Å². The van der Waals surface area contributed by atoms with E-state index in [0.29, 0.717) is 18.5 Å². The first kappa shape index (κ1) is 9.93. The molecule has 0 amide bonds.